The van der Waals surface area contributed by atoms with Gasteiger partial charge in [-0.05, 0) is 32.2 Å². The largest absolute Gasteiger partial charge is 0.343 e. The standard InChI is InChI=1S/C15H27N3O2/c1-3-5-13-15(20)18(11-14(19)16-13)12-6-9-17(8-4-2)10-7-12/h12-13H,3-11H2,1-2H3,(H,16,19). The van der Waals surface area contributed by atoms with E-state index < -0.39 is 0 Å². The van der Waals surface area contributed by atoms with E-state index in [0.717, 1.165) is 45.3 Å². The molecule has 2 saturated heterocycles. The van der Waals surface area contributed by atoms with Crippen LogP contribution in [0.1, 0.15) is 46.0 Å². The first kappa shape index (κ1) is 15.3. The Morgan fingerprint density at radius 1 is 1.15 bits per heavy atom. The number of piperazine rings is 1. The fourth-order valence-electron chi connectivity index (χ4n) is 3.30. The normalized spacial score (nSPS) is 25.9. The van der Waals surface area contributed by atoms with Crippen molar-refractivity contribution in [3.05, 3.63) is 0 Å². The summed E-state index contributed by atoms with van der Waals surface area (Å²) < 4.78 is 0. The number of likely N-dealkylation sites (tertiary alicyclic amines) is 1. The smallest absolute Gasteiger partial charge is 0.245 e. The van der Waals surface area contributed by atoms with Crippen molar-refractivity contribution < 1.29 is 9.59 Å². The summed E-state index contributed by atoms with van der Waals surface area (Å²) in [5, 5.41) is 2.82. The summed E-state index contributed by atoms with van der Waals surface area (Å²) in [6.45, 7) is 7.71. The molecule has 0 spiro atoms. The molecule has 2 aliphatic rings. The lowest BCUT2D eigenvalue weighted by Gasteiger charge is -2.42. The quantitative estimate of drug-likeness (QED) is 0.817. The maximum Gasteiger partial charge on any atom is 0.245 e. The first-order chi connectivity index (χ1) is 9.65. The van der Waals surface area contributed by atoms with Gasteiger partial charge in [-0.2, -0.15) is 0 Å². The molecular weight excluding hydrogens is 254 g/mol. The highest BCUT2D eigenvalue weighted by molar-refractivity contribution is 5.95. The second-order valence-corrected chi connectivity index (χ2v) is 5.95. The van der Waals surface area contributed by atoms with Crippen LogP contribution in [0.2, 0.25) is 0 Å². The van der Waals surface area contributed by atoms with Gasteiger partial charge in [-0.15, -0.1) is 0 Å². The molecule has 114 valence electrons. The Morgan fingerprint density at radius 3 is 2.45 bits per heavy atom. The second-order valence-electron chi connectivity index (χ2n) is 5.95. The third kappa shape index (κ3) is 3.51. The molecule has 0 aliphatic carbocycles. The van der Waals surface area contributed by atoms with Gasteiger partial charge < -0.3 is 15.1 Å². The highest BCUT2D eigenvalue weighted by Gasteiger charge is 2.36. The van der Waals surface area contributed by atoms with Gasteiger partial charge in [0, 0.05) is 19.1 Å². The zero-order valence-corrected chi connectivity index (χ0v) is 12.7. The molecule has 2 amide bonds. The Balaban J connectivity index is 1.94. The van der Waals surface area contributed by atoms with Crippen molar-refractivity contribution in [3.8, 4) is 0 Å². The second kappa shape index (κ2) is 7.07. The van der Waals surface area contributed by atoms with E-state index in [1.165, 1.54) is 6.42 Å². The van der Waals surface area contributed by atoms with Crippen molar-refractivity contribution in [1.82, 2.24) is 15.1 Å². The number of amides is 2. The number of nitrogens with zero attached hydrogens (tertiary/aromatic N) is 2. The molecule has 0 bridgehead atoms. The van der Waals surface area contributed by atoms with E-state index in [2.05, 4.69) is 17.1 Å². The molecule has 5 nitrogen and oxygen atoms in total. The molecule has 5 heteroatoms. The van der Waals surface area contributed by atoms with E-state index in [0.29, 0.717) is 0 Å². The average molecular weight is 281 g/mol. The molecule has 2 heterocycles. The molecule has 0 saturated carbocycles. The van der Waals surface area contributed by atoms with Crippen LogP contribution in [-0.4, -0.2) is 59.9 Å². The van der Waals surface area contributed by atoms with Crippen molar-refractivity contribution in [2.75, 3.05) is 26.2 Å². The van der Waals surface area contributed by atoms with Crippen LogP contribution < -0.4 is 5.32 Å². The highest BCUT2D eigenvalue weighted by atomic mass is 16.2. The molecule has 0 aromatic rings. The molecule has 1 N–H and O–H groups in total. The summed E-state index contributed by atoms with van der Waals surface area (Å²) in [6, 6.07) is -0.0454. The maximum absolute atomic E-state index is 12.5. The lowest BCUT2D eigenvalue weighted by atomic mass is 9.99. The monoisotopic (exact) mass is 281 g/mol. The molecule has 0 aromatic carbocycles. The summed E-state index contributed by atoms with van der Waals surface area (Å²) in [5.41, 5.74) is 0. The van der Waals surface area contributed by atoms with Gasteiger partial charge in [0.1, 0.15) is 6.04 Å². The molecular formula is C15H27N3O2. The zero-order chi connectivity index (χ0) is 14.5. The Kier molecular flexibility index (Phi) is 5.40. The van der Waals surface area contributed by atoms with E-state index in [4.69, 9.17) is 0 Å². The fraction of sp³-hybridized carbons (Fsp3) is 0.867. The summed E-state index contributed by atoms with van der Waals surface area (Å²) >= 11 is 0. The molecule has 2 fully saturated rings. The minimum Gasteiger partial charge on any atom is -0.343 e. The Morgan fingerprint density at radius 2 is 1.85 bits per heavy atom. The fourth-order valence-corrected chi connectivity index (χ4v) is 3.30. The van der Waals surface area contributed by atoms with Gasteiger partial charge in [-0.25, -0.2) is 0 Å². The summed E-state index contributed by atoms with van der Waals surface area (Å²) in [7, 11) is 0. The predicted octanol–water partition coefficient (Wildman–Crippen LogP) is 0.988. The minimum atomic E-state index is -0.296. The number of piperidine rings is 1. The molecule has 0 radical (unpaired) electrons. The Hall–Kier alpha value is -1.10. The van der Waals surface area contributed by atoms with Gasteiger partial charge in [-0.1, -0.05) is 20.3 Å². The summed E-state index contributed by atoms with van der Waals surface area (Å²) in [4.78, 5) is 28.6. The van der Waals surface area contributed by atoms with Crippen LogP contribution in [0, 0.1) is 0 Å². The lowest BCUT2D eigenvalue weighted by Crippen LogP contribution is -2.61. The number of carbonyl (C=O) groups excluding carboxylic acids is 2. The van der Waals surface area contributed by atoms with Gasteiger partial charge in [0.15, 0.2) is 0 Å². The number of nitrogens with one attached hydrogen (secondary N) is 1. The van der Waals surface area contributed by atoms with Gasteiger partial charge in [-0.3, -0.25) is 9.59 Å². The van der Waals surface area contributed by atoms with E-state index in [1.807, 2.05) is 11.8 Å². The number of carbonyl (C=O) groups is 2. The van der Waals surface area contributed by atoms with Gasteiger partial charge >= 0.3 is 0 Å². The summed E-state index contributed by atoms with van der Waals surface area (Å²) in [6.07, 6.45) is 4.83. The first-order valence-corrected chi connectivity index (χ1v) is 7.97. The number of rotatable bonds is 5. The van der Waals surface area contributed by atoms with Crippen LogP contribution in [0.3, 0.4) is 0 Å². The van der Waals surface area contributed by atoms with Gasteiger partial charge in [0.2, 0.25) is 11.8 Å². The Labute approximate surface area is 121 Å². The first-order valence-electron chi connectivity index (χ1n) is 7.97. The topological polar surface area (TPSA) is 52.7 Å². The van der Waals surface area contributed by atoms with Gasteiger partial charge in [0.05, 0.1) is 6.54 Å². The number of hydrogen-bond acceptors (Lipinski definition) is 3. The third-order valence-electron chi connectivity index (χ3n) is 4.35. The molecule has 2 rings (SSSR count). The maximum atomic E-state index is 12.5. The van der Waals surface area contributed by atoms with Crippen LogP contribution in [0.25, 0.3) is 0 Å². The van der Waals surface area contributed by atoms with Gasteiger partial charge in [0.25, 0.3) is 0 Å². The molecule has 1 atom stereocenters. The molecule has 2 aliphatic heterocycles. The van der Waals surface area contributed by atoms with Crippen molar-refractivity contribution in [3.63, 3.8) is 0 Å². The van der Waals surface area contributed by atoms with E-state index >= 15 is 0 Å². The molecule has 20 heavy (non-hydrogen) atoms. The van der Waals surface area contributed by atoms with Crippen LogP contribution in [-0.2, 0) is 9.59 Å². The zero-order valence-electron chi connectivity index (χ0n) is 12.7. The van der Waals surface area contributed by atoms with Crippen molar-refractivity contribution in [2.24, 2.45) is 0 Å². The molecule has 1 unspecified atom stereocenters. The highest BCUT2D eigenvalue weighted by Crippen LogP contribution is 2.20. The van der Waals surface area contributed by atoms with Crippen molar-refractivity contribution in [1.29, 1.82) is 0 Å². The average Bonchev–Trinajstić information content (AvgIpc) is 2.44. The number of hydrogen-bond donors (Lipinski definition) is 1. The van der Waals surface area contributed by atoms with E-state index in [-0.39, 0.29) is 30.4 Å². The van der Waals surface area contributed by atoms with Crippen LogP contribution in [0.15, 0.2) is 0 Å². The minimum absolute atomic E-state index is 0.000891. The molecule has 0 aromatic heterocycles. The van der Waals surface area contributed by atoms with Crippen LogP contribution in [0.5, 0.6) is 0 Å². The third-order valence-corrected chi connectivity index (χ3v) is 4.35. The van der Waals surface area contributed by atoms with Crippen LogP contribution in [0.4, 0.5) is 0 Å². The Bertz CT molecular complexity index is 351. The lowest BCUT2D eigenvalue weighted by molar-refractivity contribution is -0.147. The SMILES string of the molecule is CCCC1NC(=O)CN(C2CCN(CCC)CC2)C1=O. The summed E-state index contributed by atoms with van der Waals surface area (Å²) in [5.74, 6) is 0.124. The predicted molar refractivity (Wildman–Crippen MR) is 78.3 cm³/mol. The van der Waals surface area contributed by atoms with E-state index in [1.54, 1.807) is 0 Å². The van der Waals surface area contributed by atoms with Crippen LogP contribution >= 0.6 is 0 Å². The van der Waals surface area contributed by atoms with E-state index in [9.17, 15) is 9.59 Å². The van der Waals surface area contributed by atoms with Crippen molar-refractivity contribution in [2.45, 2.75) is 58.0 Å². The van der Waals surface area contributed by atoms with Crippen molar-refractivity contribution >= 4 is 11.8 Å².